The van der Waals surface area contributed by atoms with Crippen LogP contribution in [0.2, 0.25) is 0 Å². The molecule has 1 unspecified atom stereocenters. The van der Waals surface area contributed by atoms with Gasteiger partial charge in [0.05, 0.1) is 12.1 Å². The van der Waals surface area contributed by atoms with Crippen molar-refractivity contribution in [2.75, 3.05) is 24.6 Å². The Kier molecular flexibility index (Phi) is 11.7. The molecule has 0 heterocycles. The highest BCUT2D eigenvalue weighted by Gasteiger charge is 2.23. The first-order chi connectivity index (χ1) is 14.2. The molecule has 0 aliphatic rings. The molecule has 0 spiro atoms. The van der Waals surface area contributed by atoms with Crippen LogP contribution in [0, 0.1) is 0 Å². The van der Waals surface area contributed by atoms with E-state index in [0.717, 1.165) is 43.7 Å². The maximum absolute atomic E-state index is 12.8. The largest absolute Gasteiger partial charge is 0.330 e. The SMILES string of the molecule is NCCC[C@@H](N)C(=O)C(CSCCCc1ccccc1)NCCc1ccccc1. The molecule has 29 heavy (non-hydrogen) atoms. The second kappa shape index (κ2) is 14.3. The van der Waals surface area contributed by atoms with E-state index < -0.39 is 6.04 Å². The summed E-state index contributed by atoms with van der Waals surface area (Å²) < 4.78 is 0. The van der Waals surface area contributed by atoms with E-state index >= 15 is 0 Å². The highest BCUT2D eigenvalue weighted by molar-refractivity contribution is 7.99. The number of benzene rings is 2. The van der Waals surface area contributed by atoms with Gasteiger partial charge in [-0.3, -0.25) is 4.79 Å². The summed E-state index contributed by atoms with van der Waals surface area (Å²) in [6.07, 6.45) is 4.53. The van der Waals surface area contributed by atoms with E-state index in [-0.39, 0.29) is 11.8 Å². The van der Waals surface area contributed by atoms with Gasteiger partial charge in [0, 0.05) is 5.75 Å². The number of hydrogen-bond donors (Lipinski definition) is 3. The first-order valence-corrected chi connectivity index (χ1v) is 11.7. The lowest BCUT2D eigenvalue weighted by Crippen LogP contribution is -2.48. The van der Waals surface area contributed by atoms with Crippen molar-refractivity contribution in [1.82, 2.24) is 5.32 Å². The van der Waals surface area contributed by atoms with Gasteiger partial charge in [-0.15, -0.1) is 0 Å². The Morgan fingerprint density at radius 1 is 0.931 bits per heavy atom. The molecule has 158 valence electrons. The Bertz CT molecular complexity index is 681. The van der Waals surface area contributed by atoms with Crippen LogP contribution in [-0.2, 0) is 17.6 Å². The second-order valence-corrected chi connectivity index (χ2v) is 8.50. The molecule has 0 amide bonds. The lowest BCUT2D eigenvalue weighted by Gasteiger charge is -2.21. The molecule has 5 heteroatoms. The van der Waals surface area contributed by atoms with Gasteiger partial charge in [0.15, 0.2) is 5.78 Å². The van der Waals surface area contributed by atoms with E-state index in [4.69, 9.17) is 11.5 Å². The molecule has 5 N–H and O–H groups in total. The highest BCUT2D eigenvalue weighted by atomic mass is 32.2. The van der Waals surface area contributed by atoms with Gasteiger partial charge in [-0.25, -0.2) is 0 Å². The predicted octanol–water partition coefficient (Wildman–Crippen LogP) is 3.19. The van der Waals surface area contributed by atoms with Gasteiger partial charge in [-0.05, 0) is 62.1 Å². The molecule has 4 nitrogen and oxygen atoms in total. The number of rotatable bonds is 15. The van der Waals surface area contributed by atoms with E-state index in [9.17, 15) is 4.79 Å². The summed E-state index contributed by atoms with van der Waals surface area (Å²) in [7, 11) is 0. The third-order valence-corrected chi connectivity index (χ3v) is 6.10. The third kappa shape index (κ3) is 9.59. The van der Waals surface area contributed by atoms with Gasteiger partial charge in [0.1, 0.15) is 0 Å². The van der Waals surface area contributed by atoms with Crippen LogP contribution in [0.5, 0.6) is 0 Å². The van der Waals surface area contributed by atoms with Crippen LogP contribution in [0.4, 0.5) is 0 Å². The standard InChI is InChI=1S/C24H35N3OS/c25-16-7-14-22(26)24(28)23(27-17-15-21-11-5-2-6-12-21)19-29-18-8-13-20-9-3-1-4-10-20/h1-6,9-12,22-23,27H,7-8,13-19,25-26H2/t22-,23?/m1/s1. The minimum Gasteiger partial charge on any atom is -0.330 e. The van der Waals surface area contributed by atoms with Crippen LogP contribution in [0.3, 0.4) is 0 Å². The monoisotopic (exact) mass is 413 g/mol. The number of carbonyl (C=O) groups is 1. The van der Waals surface area contributed by atoms with Crippen LogP contribution in [0.1, 0.15) is 30.4 Å². The van der Waals surface area contributed by atoms with Gasteiger partial charge in [-0.1, -0.05) is 60.7 Å². The fraction of sp³-hybridized carbons (Fsp3) is 0.458. The van der Waals surface area contributed by atoms with Gasteiger partial charge < -0.3 is 16.8 Å². The molecule has 0 aromatic heterocycles. The van der Waals surface area contributed by atoms with Crippen molar-refractivity contribution < 1.29 is 4.79 Å². The number of thioether (sulfide) groups is 1. The van der Waals surface area contributed by atoms with E-state index in [1.165, 1.54) is 11.1 Å². The molecular formula is C24H35N3OS. The summed E-state index contributed by atoms with van der Waals surface area (Å²) in [5.74, 6) is 1.91. The third-order valence-electron chi connectivity index (χ3n) is 4.96. The van der Waals surface area contributed by atoms with E-state index in [1.807, 2.05) is 36.0 Å². The molecule has 0 radical (unpaired) electrons. The Labute approximate surface area is 179 Å². The van der Waals surface area contributed by atoms with Crippen molar-refractivity contribution in [3.05, 3.63) is 71.8 Å². The molecule has 2 rings (SSSR count). The van der Waals surface area contributed by atoms with Crippen LogP contribution < -0.4 is 16.8 Å². The van der Waals surface area contributed by atoms with Crippen LogP contribution in [0.25, 0.3) is 0 Å². The Morgan fingerprint density at radius 3 is 2.17 bits per heavy atom. The fourth-order valence-corrected chi connectivity index (χ4v) is 4.27. The highest BCUT2D eigenvalue weighted by Crippen LogP contribution is 2.11. The summed E-state index contributed by atoms with van der Waals surface area (Å²) >= 11 is 1.83. The first-order valence-electron chi connectivity index (χ1n) is 10.6. The molecule has 0 fully saturated rings. The van der Waals surface area contributed by atoms with Crippen molar-refractivity contribution in [3.63, 3.8) is 0 Å². The zero-order valence-electron chi connectivity index (χ0n) is 17.3. The second-order valence-electron chi connectivity index (χ2n) is 7.35. The molecule has 2 aromatic rings. The maximum atomic E-state index is 12.8. The fourth-order valence-electron chi connectivity index (χ4n) is 3.24. The average Bonchev–Trinajstić information content (AvgIpc) is 2.77. The number of nitrogens with one attached hydrogen (secondary N) is 1. The summed E-state index contributed by atoms with van der Waals surface area (Å²) in [6, 6.07) is 20.2. The van der Waals surface area contributed by atoms with E-state index in [0.29, 0.717) is 13.0 Å². The molecule has 0 aliphatic heterocycles. The maximum Gasteiger partial charge on any atom is 0.167 e. The molecular weight excluding hydrogens is 378 g/mol. The zero-order chi connectivity index (χ0) is 20.7. The Morgan fingerprint density at radius 2 is 1.55 bits per heavy atom. The molecule has 2 aromatic carbocycles. The van der Waals surface area contributed by atoms with Gasteiger partial charge in [0.2, 0.25) is 0 Å². The molecule has 0 saturated heterocycles. The Hall–Kier alpha value is -1.66. The van der Waals surface area contributed by atoms with Crippen molar-refractivity contribution in [2.24, 2.45) is 11.5 Å². The smallest absolute Gasteiger partial charge is 0.167 e. The molecule has 0 saturated carbocycles. The number of hydrogen-bond acceptors (Lipinski definition) is 5. The number of carbonyl (C=O) groups excluding carboxylic acids is 1. The van der Waals surface area contributed by atoms with Crippen molar-refractivity contribution in [1.29, 1.82) is 0 Å². The van der Waals surface area contributed by atoms with Gasteiger partial charge >= 0.3 is 0 Å². The summed E-state index contributed by atoms with van der Waals surface area (Å²) in [6.45, 7) is 1.34. The zero-order valence-corrected chi connectivity index (χ0v) is 18.1. The number of ketones is 1. The van der Waals surface area contributed by atoms with Gasteiger partial charge in [-0.2, -0.15) is 11.8 Å². The lowest BCUT2D eigenvalue weighted by molar-refractivity contribution is -0.121. The quantitative estimate of drug-likeness (QED) is 0.391. The van der Waals surface area contributed by atoms with Gasteiger partial charge in [0.25, 0.3) is 0 Å². The van der Waals surface area contributed by atoms with E-state index in [1.54, 1.807) is 0 Å². The summed E-state index contributed by atoms with van der Waals surface area (Å²) in [5.41, 5.74) is 14.4. The first kappa shape index (κ1) is 23.6. The minimum atomic E-state index is -0.433. The minimum absolute atomic E-state index is 0.113. The number of Topliss-reactive ketones (excluding diaryl/α,β-unsaturated/α-hetero) is 1. The van der Waals surface area contributed by atoms with Crippen molar-refractivity contribution >= 4 is 17.5 Å². The van der Waals surface area contributed by atoms with Crippen LogP contribution >= 0.6 is 11.8 Å². The normalized spacial score (nSPS) is 13.2. The predicted molar refractivity (Wildman–Crippen MR) is 125 cm³/mol. The lowest BCUT2D eigenvalue weighted by atomic mass is 10.0. The molecule has 0 aliphatic carbocycles. The topological polar surface area (TPSA) is 81.1 Å². The molecule has 0 bridgehead atoms. The van der Waals surface area contributed by atoms with Crippen LogP contribution in [-0.4, -0.2) is 42.5 Å². The number of nitrogens with two attached hydrogens (primary N) is 2. The Balaban J connectivity index is 1.78. The summed E-state index contributed by atoms with van der Waals surface area (Å²) in [4.78, 5) is 12.8. The van der Waals surface area contributed by atoms with Crippen molar-refractivity contribution in [3.8, 4) is 0 Å². The van der Waals surface area contributed by atoms with E-state index in [2.05, 4.69) is 41.7 Å². The van der Waals surface area contributed by atoms with Crippen LogP contribution in [0.15, 0.2) is 60.7 Å². The molecule has 2 atom stereocenters. The average molecular weight is 414 g/mol. The number of aryl methyl sites for hydroxylation is 1. The van der Waals surface area contributed by atoms with Crippen molar-refractivity contribution in [2.45, 2.75) is 44.2 Å². The summed E-state index contributed by atoms with van der Waals surface area (Å²) in [5, 5.41) is 3.45.